The number of hydrogen-bond acceptors (Lipinski definition) is 4. The van der Waals surface area contributed by atoms with Crippen molar-refractivity contribution < 1.29 is 35.6 Å². The van der Waals surface area contributed by atoms with E-state index in [0.717, 1.165) is 0 Å². The summed E-state index contributed by atoms with van der Waals surface area (Å²) in [5.41, 5.74) is 1.11. The van der Waals surface area contributed by atoms with Crippen molar-refractivity contribution in [1.82, 2.24) is 0 Å². The first kappa shape index (κ1) is 19.6. The molecule has 23 heavy (non-hydrogen) atoms. The molecule has 132 valence electrons. The molecule has 1 N–H and O–H groups in total. The summed E-state index contributed by atoms with van der Waals surface area (Å²) in [5, 5.41) is 0. The topological polar surface area (TPSA) is 72.8 Å². The lowest BCUT2D eigenvalue weighted by Crippen LogP contribution is -2.40. The van der Waals surface area contributed by atoms with E-state index in [0.29, 0.717) is 16.9 Å². The van der Waals surface area contributed by atoms with E-state index in [1.54, 1.807) is 13.8 Å². The molecule has 9 heteroatoms. The zero-order valence-corrected chi connectivity index (χ0v) is 14.0. The third-order valence-corrected chi connectivity index (χ3v) is 3.52. The molecule has 0 heterocycles. The molecule has 0 saturated heterocycles. The average Bonchev–Trinajstić information content (AvgIpc) is 2.30. The number of hydrogen-bond donors (Lipinski definition) is 1. The van der Waals surface area contributed by atoms with Gasteiger partial charge in [-0.25, -0.2) is 0 Å². The van der Waals surface area contributed by atoms with Gasteiger partial charge in [-0.3, -0.25) is 4.55 Å². The molecule has 1 aromatic rings. The van der Waals surface area contributed by atoms with Gasteiger partial charge >= 0.3 is 6.18 Å². The lowest BCUT2D eigenvalue weighted by atomic mass is 10.1. The molecule has 1 aromatic carbocycles. The zero-order chi connectivity index (χ0) is 18.0. The number of alkyl halides is 3. The van der Waals surface area contributed by atoms with E-state index in [1.807, 2.05) is 13.8 Å². The van der Waals surface area contributed by atoms with E-state index in [9.17, 15) is 21.6 Å². The number of rotatable bonds is 6. The minimum absolute atomic E-state index is 0.110. The van der Waals surface area contributed by atoms with Crippen LogP contribution < -0.4 is 9.47 Å². The van der Waals surface area contributed by atoms with Crippen molar-refractivity contribution in [2.45, 2.75) is 46.1 Å². The van der Waals surface area contributed by atoms with Gasteiger partial charge < -0.3 is 9.47 Å². The summed E-state index contributed by atoms with van der Waals surface area (Å²) in [6.45, 7) is 6.91. The standard InChI is InChI=1S/C14H19F3O5S/c1-8(2)21-13-9(3)5-11(6-10(13)4)22-12(14(15,16)17)7-23(18,19)20/h5-6,8,12H,7H2,1-4H3,(H,18,19,20). The molecule has 0 aromatic heterocycles. The second kappa shape index (κ2) is 6.96. The Bertz CT molecular complexity index is 630. The Morgan fingerprint density at radius 1 is 1.13 bits per heavy atom. The zero-order valence-electron chi connectivity index (χ0n) is 13.1. The molecule has 1 atom stereocenters. The quantitative estimate of drug-likeness (QED) is 0.792. The first-order valence-electron chi connectivity index (χ1n) is 6.76. The Morgan fingerprint density at radius 3 is 1.96 bits per heavy atom. The van der Waals surface area contributed by atoms with Crippen molar-refractivity contribution in [1.29, 1.82) is 0 Å². The first-order chi connectivity index (χ1) is 10.3. The lowest BCUT2D eigenvalue weighted by molar-refractivity contribution is -0.188. The fourth-order valence-electron chi connectivity index (χ4n) is 1.95. The maximum atomic E-state index is 12.9. The van der Waals surface area contributed by atoms with E-state index >= 15 is 0 Å². The van der Waals surface area contributed by atoms with Crippen molar-refractivity contribution in [2.24, 2.45) is 0 Å². The SMILES string of the molecule is Cc1cc(OC(CS(=O)(=O)O)C(F)(F)F)cc(C)c1OC(C)C. The summed E-state index contributed by atoms with van der Waals surface area (Å²) in [4.78, 5) is 0. The molecule has 0 fully saturated rings. The van der Waals surface area contributed by atoms with E-state index < -0.39 is 28.2 Å². The summed E-state index contributed by atoms with van der Waals surface area (Å²) < 4.78 is 79.1. The second-order valence-electron chi connectivity index (χ2n) is 5.45. The van der Waals surface area contributed by atoms with Crippen LogP contribution in [-0.4, -0.2) is 37.1 Å². The Morgan fingerprint density at radius 2 is 1.61 bits per heavy atom. The predicted molar refractivity (Wildman–Crippen MR) is 78.6 cm³/mol. The highest BCUT2D eigenvalue weighted by Gasteiger charge is 2.44. The van der Waals surface area contributed by atoms with Gasteiger partial charge in [0.1, 0.15) is 17.3 Å². The summed E-state index contributed by atoms with van der Waals surface area (Å²) in [5.74, 6) is -1.19. The summed E-state index contributed by atoms with van der Waals surface area (Å²) in [6, 6.07) is 2.65. The van der Waals surface area contributed by atoms with Gasteiger partial charge in [0.25, 0.3) is 10.1 Å². The molecule has 0 aliphatic carbocycles. The molecule has 0 aliphatic heterocycles. The van der Waals surface area contributed by atoms with Gasteiger partial charge in [-0.2, -0.15) is 21.6 Å². The third kappa shape index (κ3) is 6.26. The van der Waals surface area contributed by atoms with Crippen LogP contribution in [0.15, 0.2) is 12.1 Å². The highest BCUT2D eigenvalue weighted by Crippen LogP contribution is 2.32. The van der Waals surface area contributed by atoms with Crippen LogP contribution in [0.3, 0.4) is 0 Å². The van der Waals surface area contributed by atoms with Crippen LogP contribution in [0.5, 0.6) is 11.5 Å². The normalized spacial score (nSPS) is 14.0. The van der Waals surface area contributed by atoms with Crippen LogP contribution in [0.4, 0.5) is 13.2 Å². The van der Waals surface area contributed by atoms with Gasteiger partial charge in [-0.1, -0.05) is 0 Å². The Kier molecular flexibility index (Phi) is 5.92. The largest absolute Gasteiger partial charge is 0.490 e. The van der Waals surface area contributed by atoms with E-state index in [4.69, 9.17) is 14.0 Å². The molecular weight excluding hydrogens is 337 g/mol. The number of aryl methyl sites for hydroxylation is 2. The fourth-order valence-corrected chi connectivity index (χ4v) is 2.59. The molecule has 0 spiro atoms. The van der Waals surface area contributed by atoms with E-state index in [2.05, 4.69) is 0 Å². The van der Waals surface area contributed by atoms with Crippen molar-refractivity contribution >= 4 is 10.1 Å². The predicted octanol–water partition coefficient (Wildman–Crippen LogP) is 3.29. The van der Waals surface area contributed by atoms with Crippen LogP contribution in [0.25, 0.3) is 0 Å². The molecule has 0 radical (unpaired) electrons. The van der Waals surface area contributed by atoms with Gasteiger partial charge in [-0.05, 0) is 51.0 Å². The van der Waals surface area contributed by atoms with Crippen LogP contribution in [0.2, 0.25) is 0 Å². The fraction of sp³-hybridized carbons (Fsp3) is 0.571. The van der Waals surface area contributed by atoms with Gasteiger partial charge in [0.05, 0.1) is 6.10 Å². The maximum Gasteiger partial charge on any atom is 0.426 e. The monoisotopic (exact) mass is 356 g/mol. The minimum atomic E-state index is -4.94. The second-order valence-corrected chi connectivity index (χ2v) is 6.95. The van der Waals surface area contributed by atoms with Crippen molar-refractivity contribution in [3.05, 3.63) is 23.3 Å². The van der Waals surface area contributed by atoms with Crippen LogP contribution in [0.1, 0.15) is 25.0 Å². The lowest BCUT2D eigenvalue weighted by Gasteiger charge is -2.22. The Hall–Kier alpha value is -1.48. The van der Waals surface area contributed by atoms with Crippen LogP contribution >= 0.6 is 0 Å². The molecular formula is C14H19F3O5S. The minimum Gasteiger partial charge on any atom is -0.490 e. The molecule has 5 nitrogen and oxygen atoms in total. The van der Waals surface area contributed by atoms with Gasteiger partial charge in [0, 0.05) is 0 Å². The maximum absolute atomic E-state index is 12.9. The van der Waals surface area contributed by atoms with E-state index in [1.165, 1.54) is 12.1 Å². The molecule has 0 aliphatic rings. The summed E-state index contributed by atoms with van der Waals surface area (Å²) >= 11 is 0. The van der Waals surface area contributed by atoms with Gasteiger partial charge in [0.15, 0.2) is 0 Å². The van der Waals surface area contributed by atoms with Crippen LogP contribution in [-0.2, 0) is 10.1 Å². The summed E-state index contributed by atoms with van der Waals surface area (Å²) in [7, 11) is -4.84. The Labute approximate surface area is 133 Å². The average molecular weight is 356 g/mol. The highest BCUT2D eigenvalue weighted by molar-refractivity contribution is 7.85. The molecule has 0 saturated carbocycles. The molecule has 1 unspecified atom stereocenters. The molecule has 0 amide bonds. The molecule has 1 rings (SSSR count). The smallest absolute Gasteiger partial charge is 0.426 e. The Balaban J connectivity index is 3.10. The van der Waals surface area contributed by atoms with E-state index in [-0.39, 0.29) is 11.9 Å². The molecule has 0 bridgehead atoms. The van der Waals surface area contributed by atoms with Crippen molar-refractivity contribution in [2.75, 3.05) is 5.75 Å². The third-order valence-electron chi connectivity index (χ3n) is 2.79. The van der Waals surface area contributed by atoms with Gasteiger partial charge in [0.2, 0.25) is 6.10 Å². The number of benzene rings is 1. The van der Waals surface area contributed by atoms with Crippen molar-refractivity contribution in [3.8, 4) is 11.5 Å². The van der Waals surface area contributed by atoms with Crippen molar-refractivity contribution in [3.63, 3.8) is 0 Å². The number of ether oxygens (including phenoxy) is 2. The summed E-state index contributed by atoms with van der Waals surface area (Å²) in [6.07, 6.45) is -7.71. The van der Waals surface area contributed by atoms with Gasteiger partial charge in [-0.15, -0.1) is 0 Å². The number of halogens is 3. The van der Waals surface area contributed by atoms with Crippen LogP contribution in [0, 0.1) is 13.8 Å². The highest BCUT2D eigenvalue weighted by atomic mass is 32.2. The first-order valence-corrected chi connectivity index (χ1v) is 8.37.